The van der Waals surface area contributed by atoms with E-state index in [0.29, 0.717) is 6.04 Å². The molecular weight excluding hydrogens is 134 g/mol. The van der Waals surface area contributed by atoms with Crippen LogP contribution >= 0.6 is 0 Å². The van der Waals surface area contributed by atoms with Crippen molar-refractivity contribution in [1.29, 1.82) is 0 Å². The van der Waals surface area contributed by atoms with Crippen molar-refractivity contribution in [1.82, 2.24) is 5.32 Å². The van der Waals surface area contributed by atoms with Gasteiger partial charge in [0.1, 0.15) is 0 Å². The molecule has 0 radical (unpaired) electrons. The van der Waals surface area contributed by atoms with Gasteiger partial charge in [-0.2, -0.15) is 0 Å². The predicted molar refractivity (Wildman–Crippen MR) is 49.6 cm³/mol. The Morgan fingerprint density at radius 3 is 2.91 bits per heavy atom. The molecule has 1 aliphatic heterocycles. The second kappa shape index (κ2) is 3.91. The van der Waals surface area contributed by atoms with Gasteiger partial charge in [-0.05, 0) is 25.7 Å². The number of allylic oxidation sites excluding steroid dienone is 1. The quantitative estimate of drug-likeness (QED) is 0.570. The third kappa shape index (κ3) is 2.66. The van der Waals surface area contributed by atoms with E-state index in [0.717, 1.165) is 12.5 Å². The molecule has 0 aliphatic carbocycles. The SMILES string of the molecule is CC(C)C1=CCN[C@H](C)CC1. The van der Waals surface area contributed by atoms with Gasteiger partial charge in [0.2, 0.25) is 0 Å². The van der Waals surface area contributed by atoms with Crippen molar-refractivity contribution >= 4 is 0 Å². The maximum Gasteiger partial charge on any atom is 0.0140 e. The summed E-state index contributed by atoms with van der Waals surface area (Å²) in [6, 6.07) is 0.697. The van der Waals surface area contributed by atoms with Crippen LogP contribution < -0.4 is 5.32 Å². The van der Waals surface area contributed by atoms with Crippen molar-refractivity contribution in [3.63, 3.8) is 0 Å². The standard InChI is InChI=1S/C10H19N/c1-8(2)10-5-4-9(3)11-7-6-10/h6,8-9,11H,4-5,7H2,1-3H3/t9-/m1/s1. The zero-order valence-corrected chi connectivity index (χ0v) is 7.85. The van der Waals surface area contributed by atoms with Gasteiger partial charge in [-0.25, -0.2) is 0 Å². The first-order valence-electron chi connectivity index (χ1n) is 4.62. The number of rotatable bonds is 1. The lowest BCUT2D eigenvalue weighted by Crippen LogP contribution is -2.24. The Bertz CT molecular complexity index is 147. The molecular formula is C10H19N. The smallest absolute Gasteiger partial charge is 0.0140 e. The van der Waals surface area contributed by atoms with Crippen LogP contribution in [0, 0.1) is 5.92 Å². The molecule has 0 aromatic heterocycles. The van der Waals surface area contributed by atoms with Gasteiger partial charge in [0.15, 0.2) is 0 Å². The summed E-state index contributed by atoms with van der Waals surface area (Å²) in [6.45, 7) is 7.88. The molecule has 0 saturated heterocycles. The van der Waals surface area contributed by atoms with Crippen LogP contribution in [0.3, 0.4) is 0 Å². The Kier molecular flexibility index (Phi) is 3.13. The topological polar surface area (TPSA) is 12.0 Å². The minimum Gasteiger partial charge on any atom is -0.311 e. The van der Waals surface area contributed by atoms with E-state index in [1.807, 2.05) is 0 Å². The van der Waals surface area contributed by atoms with Gasteiger partial charge in [0.05, 0.1) is 0 Å². The Hall–Kier alpha value is -0.300. The van der Waals surface area contributed by atoms with Gasteiger partial charge in [-0.3, -0.25) is 0 Å². The normalized spacial score (nSPS) is 26.5. The summed E-state index contributed by atoms with van der Waals surface area (Å²) in [4.78, 5) is 0. The van der Waals surface area contributed by atoms with E-state index in [2.05, 4.69) is 32.2 Å². The van der Waals surface area contributed by atoms with Crippen molar-refractivity contribution in [3.05, 3.63) is 11.6 Å². The fourth-order valence-electron chi connectivity index (χ4n) is 1.50. The summed E-state index contributed by atoms with van der Waals surface area (Å²) in [5.41, 5.74) is 1.63. The Labute approximate surface area is 69.9 Å². The van der Waals surface area contributed by atoms with Crippen molar-refractivity contribution < 1.29 is 0 Å². The molecule has 0 saturated carbocycles. The monoisotopic (exact) mass is 153 g/mol. The molecule has 0 unspecified atom stereocenters. The molecule has 0 spiro atoms. The van der Waals surface area contributed by atoms with Gasteiger partial charge in [0, 0.05) is 12.6 Å². The van der Waals surface area contributed by atoms with E-state index in [9.17, 15) is 0 Å². The van der Waals surface area contributed by atoms with Crippen LogP contribution in [0.2, 0.25) is 0 Å². The maximum absolute atomic E-state index is 3.45. The lowest BCUT2D eigenvalue weighted by atomic mass is 9.98. The molecule has 1 aliphatic rings. The van der Waals surface area contributed by atoms with Crippen molar-refractivity contribution in [2.75, 3.05) is 6.54 Å². The van der Waals surface area contributed by atoms with Gasteiger partial charge in [-0.1, -0.05) is 25.5 Å². The van der Waals surface area contributed by atoms with Crippen molar-refractivity contribution in [2.45, 2.75) is 39.7 Å². The average molecular weight is 153 g/mol. The highest BCUT2D eigenvalue weighted by Gasteiger charge is 2.09. The molecule has 1 rings (SSSR count). The highest BCUT2D eigenvalue weighted by atomic mass is 14.9. The Morgan fingerprint density at radius 1 is 1.55 bits per heavy atom. The fourth-order valence-corrected chi connectivity index (χ4v) is 1.50. The summed E-state index contributed by atoms with van der Waals surface area (Å²) >= 11 is 0. The maximum atomic E-state index is 3.45. The third-order valence-electron chi connectivity index (χ3n) is 2.44. The fraction of sp³-hybridized carbons (Fsp3) is 0.800. The van der Waals surface area contributed by atoms with Crippen molar-refractivity contribution in [3.8, 4) is 0 Å². The summed E-state index contributed by atoms with van der Waals surface area (Å²) in [7, 11) is 0. The molecule has 0 amide bonds. The summed E-state index contributed by atoms with van der Waals surface area (Å²) < 4.78 is 0. The van der Waals surface area contributed by atoms with E-state index in [1.54, 1.807) is 5.57 Å². The van der Waals surface area contributed by atoms with Crippen LogP contribution in [0.5, 0.6) is 0 Å². The summed E-state index contributed by atoms with van der Waals surface area (Å²) in [5, 5.41) is 3.45. The first-order chi connectivity index (χ1) is 5.20. The first-order valence-corrected chi connectivity index (χ1v) is 4.62. The van der Waals surface area contributed by atoms with Crippen LogP contribution in [0.25, 0.3) is 0 Å². The van der Waals surface area contributed by atoms with E-state index in [1.165, 1.54) is 12.8 Å². The van der Waals surface area contributed by atoms with Crippen LogP contribution in [0.15, 0.2) is 11.6 Å². The van der Waals surface area contributed by atoms with Gasteiger partial charge < -0.3 is 5.32 Å². The highest BCUT2D eigenvalue weighted by molar-refractivity contribution is 5.08. The molecule has 1 N–H and O–H groups in total. The Morgan fingerprint density at radius 2 is 2.27 bits per heavy atom. The number of hydrogen-bond donors (Lipinski definition) is 1. The summed E-state index contributed by atoms with van der Waals surface area (Å²) in [6.07, 6.45) is 4.93. The van der Waals surface area contributed by atoms with Crippen LogP contribution in [0.1, 0.15) is 33.6 Å². The lowest BCUT2D eigenvalue weighted by molar-refractivity contribution is 0.549. The zero-order valence-electron chi connectivity index (χ0n) is 7.85. The second-order valence-electron chi connectivity index (χ2n) is 3.78. The Balaban J connectivity index is 2.48. The van der Waals surface area contributed by atoms with Gasteiger partial charge >= 0.3 is 0 Å². The van der Waals surface area contributed by atoms with E-state index in [4.69, 9.17) is 0 Å². The number of hydrogen-bond acceptors (Lipinski definition) is 1. The molecule has 64 valence electrons. The van der Waals surface area contributed by atoms with Gasteiger partial charge in [-0.15, -0.1) is 0 Å². The zero-order chi connectivity index (χ0) is 8.27. The largest absolute Gasteiger partial charge is 0.311 e. The van der Waals surface area contributed by atoms with Crippen LogP contribution in [0.4, 0.5) is 0 Å². The molecule has 0 aromatic rings. The van der Waals surface area contributed by atoms with E-state index in [-0.39, 0.29) is 0 Å². The van der Waals surface area contributed by atoms with Gasteiger partial charge in [0.25, 0.3) is 0 Å². The minimum atomic E-state index is 0.697. The molecule has 1 nitrogen and oxygen atoms in total. The second-order valence-corrected chi connectivity index (χ2v) is 3.78. The van der Waals surface area contributed by atoms with Crippen molar-refractivity contribution in [2.24, 2.45) is 5.92 Å². The van der Waals surface area contributed by atoms with Crippen LogP contribution in [-0.4, -0.2) is 12.6 Å². The van der Waals surface area contributed by atoms with E-state index < -0.39 is 0 Å². The molecule has 1 heteroatoms. The lowest BCUT2D eigenvalue weighted by Gasteiger charge is -2.10. The summed E-state index contributed by atoms with van der Waals surface area (Å²) in [5.74, 6) is 0.738. The molecule has 1 atom stereocenters. The predicted octanol–water partition coefficient (Wildman–Crippen LogP) is 2.34. The molecule has 11 heavy (non-hydrogen) atoms. The molecule has 0 aromatic carbocycles. The minimum absolute atomic E-state index is 0.697. The molecule has 0 fully saturated rings. The first kappa shape index (κ1) is 8.79. The number of nitrogens with one attached hydrogen (secondary N) is 1. The third-order valence-corrected chi connectivity index (χ3v) is 2.44. The van der Waals surface area contributed by atoms with E-state index >= 15 is 0 Å². The van der Waals surface area contributed by atoms with Crippen LogP contribution in [-0.2, 0) is 0 Å². The molecule has 1 heterocycles. The molecule has 0 bridgehead atoms. The highest BCUT2D eigenvalue weighted by Crippen LogP contribution is 2.18. The average Bonchev–Trinajstić information content (AvgIpc) is 2.13.